The van der Waals surface area contributed by atoms with Crippen molar-refractivity contribution in [3.63, 3.8) is 0 Å². The zero-order valence-corrected chi connectivity index (χ0v) is 8.83. The molecule has 8 heavy (non-hydrogen) atoms. The van der Waals surface area contributed by atoms with Crippen molar-refractivity contribution in [2.45, 2.75) is 13.8 Å². The van der Waals surface area contributed by atoms with Crippen LogP contribution in [0.2, 0.25) is 0 Å². The van der Waals surface area contributed by atoms with Gasteiger partial charge in [0.2, 0.25) is 0 Å². The van der Waals surface area contributed by atoms with Crippen molar-refractivity contribution in [3.8, 4) is 8.40 Å². The van der Waals surface area contributed by atoms with Crippen molar-refractivity contribution in [2.75, 3.05) is 0 Å². The van der Waals surface area contributed by atoms with E-state index in [2.05, 4.69) is 8.40 Å². The summed E-state index contributed by atoms with van der Waals surface area (Å²) in [5, 5.41) is 0. The summed E-state index contributed by atoms with van der Waals surface area (Å²) in [6, 6.07) is 0. The SMILES string of the molecule is C/C([C]#[Mo])=C(/C)[C]#[Mo]. The normalized spacial score (nSPS) is 11.0. The molecule has 0 unspecified atom stereocenters. The molecule has 0 saturated heterocycles. The summed E-state index contributed by atoms with van der Waals surface area (Å²) < 4.78 is 6.09. The average Bonchev–Trinajstić information content (AvgIpc) is 1.84. The molecule has 0 aromatic carbocycles. The van der Waals surface area contributed by atoms with Crippen LogP contribution in [-0.4, -0.2) is 0 Å². The molecule has 0 aliphatic heterocycles. The summed E-state index contributed by atoms with van der Waals surface area (Å²) in [6.07, 6.45) is 0. The average molecular weight is 270 g/mol. The molecule has 0 bridgehead atoms. The molecule has 0 amide bonds. The molecule has 0 aromatic rings. The predicted molar refractivity (Wildman–Crippen MR) is 26.1 cm³/mol. The first-order valence-electron chi connectivity index (χ1n) is 2.16. The molecular formula is C6H6Mo2. The van der Waals surface area contributed by atoms with Crippen LogP contribution in [0, 0.1) is 8.40 Å². The molecule has 0 aromatic heterocycles. The van der Waals surface area contributed by atoms with Crippen LogP contribution >= 0.6 is 0 Å². The molecule has 0 saturated carbocycles. The van der Waals surface area contributed by atoms with Gasteiger partial charge in [-0.15, -0.1) is 0 Å². The fraction of sp³-hybridized carbons (Fsp3) is 0.333. The molecule has 0 atom stereocenters. The van der Waals surface area contributed by atoms with Gasteiger partial charge >= 0.3 is 71.7 Å². The second kappa shape index (κ2) is 4.55. The second-order valence-corrected chi connectivity index (χ2v) is 2.46. The van der Waals surface area contributed by atoms with E-state index in [1.165, 1.54) is 11.1 Å². The number of rotatable bonds is 0. The zero-order valence-electron chi connectivity index (χ0n) is 4.82. The Balaban J connectivity index is 4.41. The molecule has 0 spiro atoms. The first kappa shape index (κ1) is 8.68. The Bertz CT molecular complexity index is 166. The predicted octanol–water partition coefficient (Wildman–Crippen LogP) is 1.33. The molecule has 0 N–H and O–H groups in total. The van der Waals surface area contributed by atoms with Crippen molar-refractivity contribution < 1.29 is 38.3 Å². The Morgan fingerprint density at radius 3 is 1.38 bits per heavy atom. The monoisotopic (exact) mass is 274 g/mol. The van der Waals surface area contributed by atoms with Crippen LogP contribution in [0.15, 0.2) is 11.1 Å². The van der Waals surface area contributed by atoms with Crippen molar-refractivity contribution in [1.29, 1.82) is 0 Å². The van der Waals surface area contributed by atoms with Crippen LogP contribution in [0.1, 0.15) is 13.8 Å². The number of hydrogen-bond acceptors (Lipinski definition) is 0. The van der Waals surface area contributed by atoms with Gasteiger partial charge in [-0.3, -0.25) is 0 Å². The number of allylic oxidation sites excluding steroid dienone is 2. The fourth-order valence-electron chi connectivity index (χ4n) is 0.153. The van der Waals surface area contributed by atoms with Crippen LogP contribution in [0.3, 0.4) is 0 Å². The fourth-order valence-corrected chi connectivity index (χ4v) is 0.906. The Morgan fingerprint density at radius 1 is 1.00 bits per heavy atom. The van der Waals surface area contributed by atoms with E-state index in [4.69, 9.17) is 0 Å². The molecule has 0 rings (SSSR count). The van der Waals surface area contributed by atoms with Gasteiger partial charge in [0.25, 0.3) is 0 Å². The standard InChI is InChI=1S/C6H6.2Mo/c1-5(2)6(3)4;;/h1,3H3;;/b6-5+;;. The summed E-state index contributed by atoms with van der Waals surface area (Å²) in [4.78, 5) is 0. The maximum atomic E-state index is 3.04. The summed E-state index contributed by atoms with van der Waals surface area (Å²) >= 11 is 3.70. The third-order valence-corrected chi connectivity index (χ3v) is 2.37. The molecule has 0 aliphatic carbocycles. The van der Waals surface area contributed by atoms with Crippen LogP contribution in [0.25, 0.3) is 0 Å². The van der Waals surface area contributed by atoms with E-state index in [-0.39, 0.29) is 0 Å². The molecule has 0 aliphatic rings. The van der Waals surface area contributed by atoms with Crippen molar-refractivity contribution >= 4 is 0 Å². The van der Waals surface area contributed by atoms with Gasteiger partial charge in [-0.1, -0.05) is 0 Å². The van der Waals surface area contributed by atoms with Crippen molar-refractivity contribution in [2.24, 2.45) is 0 Å². The molecule has 42 valence electrons. The first-order chi connectivity index (χ1) is 3.72. The van der Waals surface area contributed by atoms with Crippen LogP contribution < -0.4 is 0 Å². The van der Waals surface area contributed by atoms with E-state index in [1.54, 1.807) is 0 Å². The van der Waals surface area contributed by atoms with Crippen molar-refractivity contribution in [3.05, 3.63) is 11.1 Å². The third-order valence-electron chi connectivity index (χ3n) is 0.869. The number of hydrogen-bond donors (Lipinski definition) is 0. The van der Waals surface area contributed by atoms with E-state index in [0.29, 0.717) is 0 Å². The summed E-state index contributed by atoms with van der Waals surface area (Å²) in [7, 11) is 0. The summed E-state index contributed by atoms with van der Waals surface area (Å²) in [5.74, 6) is 0. The Labute approximate surface area is 71.4 Å². The molecule has 0 nitrogen and oxygen atoms in total. The maximum absolute atomic E-state index is 3.04. The van der Waals surface area contributed by atoms with Gasteiger partial charge in [-0.2, -0.15) is 0 Å². The third kappa shape index (κ3) is 2.86. The van der Waals surface area contributed by atoms with E-state index in [0.717, 1.165) is 0 Å². The zero-order chi connectivity index (χ0) is 6.57. The van der Waals surface area contributed by atoms with Gasteiger partial charge in [-0.25, -0.2) is 0 Å². The Hall–Kier alpha value is 0.677. The topological polar surface area (TPSA) is 0 Å². The quantitative estimate of drug-likeness (QED) is 0.583. The first-order valence-corrected chi connectivity index (χ1v) is 4.17. The molecule has 0 fully saturated rings. The molecule has 0 radical (unpaired) electrons. The Kier molecular flexibility index (Phi) is 4.93. The minimum absolute atomic E-state index is 1.19. The van der Waals surface area contributed by atoms with E-state index in [1.807, 2.05) is 52.2 Å². The van der Waals surface area contributed by atoms with Crippen LogP contribution in [-0.2, 0) is 38.3 Å². The second-order valence-electron chi connectivity index (χ2n) is 1.45. The van der Waals surface area contributed by atoms with Crippen LogP contribution in [0.4, 0.5) is 0 Å². The molecule has 2 heteroatoms. The summed E-state index contributed by atoms with van der Waals surface area (Å²) in [5.41, 5.74) is 2.39. The van der Waals surface area contributed by atoms with Crippen LogP contribution in [0.5, 0.6) is 0 Å². The van der Waals surface area contributed by atoms with E-state index < -0.39 is 0 Å². The minimum atomic E-state index is 1.19. The van der Waals surface area contributed by atoms with E-state index in [9.17, 15) is 0 Å². The van der Waals surface area contributed by atoms with Gasteiger partial charge < -0.3 is 0 Å². The molecular weight excluding hydrogens is 264 g/mol. The van der Waals surface area contributed by atoms with Gasteiger partial charge in [0.15, 0.2) is 0 Å². The van der Waals surface area contributed by atoms with E-state index >= 15 is 0 Å². The van der Waals surface area contributed by atoms with Crippen molar-refractivity contribution in [1.82, 2.24) is 0 Å². The van der Waals surface area contributed by atoms with Gasteiger partial charge in [0, 0.05) is 0 Å². The summed E-state index contributed by atoms with van der Waals surface area (Å²) in [6.45, 7) is 4.08. The van der Waals surface area contributed by atoms with Gasteiger partial charge in [0.05, 0.1) is 0 Å². The molecule has 0 heterocycles. The van der Waals surface area contributed by atoms with Gasteiger partial charge in [0.1, 0.15) is 0 Å². The van der Waals surface area contributed by atoms with Gasteiger partial charge in [-0.05, 0) is 0 Å². The Morgan fingerprint density at radius 2 is 1.25 bits per heavy atom.